The molecule has 1 saturated carbocycles. The van der Waals surface area contributed by atoms with Gasteiger partial charge in [-0.2, -0.15) is 0 Å². The summed E-state index contributed by atoms with van der Waals surface area (Å²) in [5.74, 6) is 0.529. The molecule has 7 nitrogen and oxygen atoms in total. The van der Waals surface area contributed by atoms with Crippen LogP contribution in [0, 0.1) is 23.2 Å². The van der Waals surface area contributed by atoms with Gasteiger partial charge in [0.2, 0.25) is 0 Å². The topological polar surface area (TPSA) is 77.1 Å². The Bertz CT molecular complexity index is 1000. The van der Waals surface area contributed by atoms with Gasteiger partial charge in [0, 0.05) is 33.1 Å². The van der Waals surface area contributed by atoms with Crippen molar-refractivity contribution in [1.29, 1.82) is 0 Å². The molecule has 0 heterocycles. The van der Waals surface area contributed by atoms with Crippen molar-refractivity contribution in [2.45, 2.75) is 65.4 Å². The average Bonchev–Trinajstić information content (AvgIpc) is 2.93. The maximum Gasteiger partial charge on any atom is 0.308 e. The van der Waals surface area contributed by atoms with Gasteiger partial charge < -0.3 is 24.4 Å². The van der Waals surface area contributed by atoms with Crippen LogP contribution in [0.3, 0.4) is 0 Å². The molecule has 0 radical (unpaired) electrons. The largest absolute Gasteiger partial charge is 0.458 e. The van der Waals surface area contributed by atoms with Crippen molar-refractivity contribution in [3.05, 3.63) is 41.5 Å². The smallest absolute Gasteiger partial charge is 0.308 e. The normalized spacial score (nSPS) is 22.8. The van der Waals surface area contributed by atoms with Crippen LogP contribution in [0.4, 0.5) is 0 Å². The Morgan fingerprint density at radius 1 is 1.10 bits per heavy atom. The third kappa shape index (κ3) is 7.81. The van der Waals surface area contributed by atoms with Crippen molar-refractivity contribution >= 4 is 17.3 Å². The van der Waals surface area contributed by atoms with Crippen LogP contribution in [0.25, 0.3) is 5.57 Å². The third-order valence-corrected chi connectivity index (χ3v) is 8.97. The summed E-state index contributed by atoms with van der Waals surface area (Å²) in [6.07, 6.45) is 4.89. The highest BCUT2D eigenvalue weighted by atomic mass is 16.6. The number of carbonyl (C=O) groups excluding carboxylic acids is 2. The van der Waals surface area contributed by atoms with Gasteiger partial charge >= 0.3 is 5.97 Å². The lowest BCUT2D eigenvalue weighted by Crippen LogP contribution is -2.53. The lowest BCUT2D eigenvalue weighted by Gasteiger charge is -2.53. The Hall–Kier alpha value is -2.06. The van der Waals surface area contributed by atoms with E-state index in [2.05, 4.69) is 54.5 Å². The van der Waals surface area contributed by atoms with Crippen LogP contribution in [0.15, 0.2) is 35.9 Å². The number of carbonyl (C=O) groups is 2. The lowest BCUT2D eigenvalue weighted by atomic mass is 9.57. The summed E-state index contributed by atoms with van der Waals surface area (Å²) in [6, 6.07) is 10.7. The van der Waals surface area contributed by atoms with Crippen molar-refractivity contribution in [2.75, 3.05) is 60.7 Å². The van der Waals surface area contributed by atoms with E-state index in [4.69, 9.17) is 14.2 Å². The number of nitrogens with zero attached hydrogens (tertiary/aromatic N) is 1. The molecule has 1 aromatic carbocycles. The molecule has 3 aliphatic carbocycles. The molecule has 0 saturated heterocycles. The van der Waals surface area contributed by atoms with Crippen LogP contribution >= 0.6 is 0 Å². The van der Waals surface area contributed by atoms with E-state index in [0.29, 0.717) is 25.7 Å². The predicted octanol–water partition coefficient (Wildman–Crippen LogP) is 5.00. The van der Waals surface area contributed by atoms with E-state index in [1.165, 1.54) is 23.1 Å². The minimum Gasteiger partial charge on any atom is -0.458 e. The van der Waals surface area contributed by atoms with Crippen LogP contribution < -0.4 is 5.32 Å². The highest BCUT2D eigenvalue weighted by molar-refractivity contribution is 5.86. The lowest BCUT2D eigenvalue weighted by molar-refractivity contribution is -0.176. The summed E-state index contributed by atoms with van der Waals surface area (Å²) in [5.41, 5.74) is 3.02. The minimum atomic E-state index is -0.639. The first-order valence-corrected chi connectivity index (χ1v) is 15.0. The second-order valence-corrected chi connectivity index (χ2v) is 12.6. The number of hydrogen-bond acceptors (Lipinski definition) is 7. The minimum absolute atomic E-state index is 0.0944. The maximum atomic E-state index is 13.0. The van der Waals surface area contributed by atoms with E-state index in [1.54, 1.807) is 14.2 Å². The molecule has 7 heteroatoms. The van der Waals surface area contributed by atoms with Gasteiger partial charge in [-0.15, -0.1) is 0 Å². The molecule has 1 aromatic rings. The van der Waals surface area contributed by atoms with Gasteiger partial charge in [-0.25, -0.2) is 0 Å². The number of ether oxygens (including phenoxy) is 3. The van der Waals surface area contributed by atoms with E-state index in [-0.39, 0.29) is 23.6 Å². The number of ketones is 1. The molecule has 1 fully saturated rings. The highest BCUT2D eigenvalue weighted by Crippen LogP contribution is 2.56. The number of allylic oxidation sites excluding steroid dienone is 1. The third-order valence-electron chi connectivity index (χ3n) is 8.97. The summed E-state index contributed by atoms with van der Waals surface area (Å²) >= 11 is 0. The Balaban J connectivity index is 1.60. The second kappa shape index (κ2) is 14.7. The van der Waals surface area contributed by atoms with E-state index < -0.39 is 11.0 Å². The molecule has 2 bridgehead atoms. The van der Waals surface area contributed by atoms with Crippen molar-refractivity contribution < 1.29 is 23.8 Å². The van der Waals surface area contributed by atoms with Crippen LogP contribution in [0.2, 0.25) is 0 Å². The van der Waals surface area contributed by atoms with Gasteiger partial charge in [-0.1, -0.05) is 49.8 Å². The Morgan fingerprint density at radius 2 is 1.77 bits per heavy atom. The number of benzene rings is 1. The monoisotopic (exact) mass is 556 g/mol. The van der Waals surface area contributed by atoms with Crippen molar-refractivity contribution in [3.8, 4) is 0 Å². The summed E-state index contributed by atoms with van der Waals surface area (Å²) in [4.78, 5) is 28.1. The van der Waals surface area contributed by atoms with Gasteiger partial charge in [0.1, 0.15) is 5.60 Å². The maximum absolute atomic E-state index is 13.0. The number of methoxy groups -OCH3 is 2. The molecule has 4 rings (SSSR count). The van der Waals surface area contributed by atoms with E-state index in [9.17, 15) is 9.59 Å². The fraction of sp³-hybridized carbons (Fsp3) is 0.697. The van der Waals surface area contributed by atoms with Crippen molar-refractivity contribution in [1.82, 2.24) is 10.2 Å². The fourth-order valence-corrected chi connectivity index (χ4v) is 6.59. The van der Waals surface area contributed by atoms with E-state index in [0.717, 1.165) is 45.3 Å². The molecule has 1 N–H and O–H groups in total. The highest BCUT2D eigenvalue weighted by Gasteiger charge is 2.53. The molecule has 40 heavy (non-hydrogen) atoms. The number of rotatable bonds is 17. The number of Topliss-reactive ketones (excluding diaryl/α,β-unsaturated/α-hetero) is 1. The van der Waals surface area contributed by atoms with Gasteiger partial charge in [0.15, 0.2) is 5.78 Å². The SMILES string of the molecule is COCC(C)(COC)C(=O)CNCCCN(C)CC[C@]1(OC(=O)C(C)C)C[C@H]2CC[C@@H]1C(c1ccccc1)=C2C. The van der Waals surface area contributed by atoms with Crippen LogP contribution in [0.1, 0.15) is 65.4 Å². The first-order chi connectivity index (χ1) is 19.1. The number of esters is 1. The van der Waals surface area contributed by atoms with Crippen molar-refractivity contribution in [3.63, 3.8) is 0 Å². The van der Waals surface area contributed by atoms with Gasteiger partial charge in [0.05, 0.1) is 31.1 Å². The van der Waals surface area contributed by atoms with Crippen LogP contribution in [0.5, 0.6) is 0 Å². The molecule has 0 aliphatic heterocycles. The Labute approximate surface area is 242 Å². The zero-order valence-electron chi connectivity index (χ0n) is 25.9. The molecule has 0 aromatic heterocycles. The van der Waals surface area contributed by atoms with E-state index >= 15 is 0 Å². The zero-order chi connectivity index (χ0) is 29.3. The van der Waals surface area contributed by atoms with Gasteiger partial charge in [-0.05, 0) is 76.7 Å². The predicted molar refractivity (Wildman–Crippen MR) is 160 cm³/mol. The Morgan fingerprint density at radius 3 is 2.40 bits per heavy atom. The van der Waals surface area contributed by atoms with Crippen LogP contribution in [-0.4, -0.2) is 82.9 Å². The average molecular weight is 557 g/mol. The molecular formula is C33H52N2O5. The zero-order valence-corrected chi connectivity index (χ0v) is 25.9. The summed E-state index contributed by atoms with van der Waals surface area (Å²) in [6.45, 7) is 11.5. The number of fused-ring (bicyclic) bond motifs is 2. The summed E-state index contributed by atoms with van der Waals surface area (Å²) in [7, 11) is 5.35. The second-order valence-electron chi connectivity index (χ2n) is 12.6. The number of hydrogen-bond donors (Lipinski definition) is 1. The first-order valence-electron chi connectivity index (χ1n) is 15.0. The molecule has 0 amide bonds. The molecule has 3 aliphatic rings. The van der Waals surface area contributed by atoms with Gasteiger partial charge in [0.25, 0.3) is 0 Å². The van der Waals surface area contributed by atoms with Gasteiger partial charge in [-0.3, -0.25) is 9.59 Å². The Kier molecular flexibility index (Phi) is 11.9. The molecular weight excluding hydrogens is 504 g/mol. The quantitative estimate of drug-likeness (QED) is 0.214. The van der Waals surface area contributed by atoms with Crippen molar-refractivity contribution in [2.24, 2.45) is 23.2 Å². The number of nitrogens with one attached hydrogen (secondary N) is 1. The molecule has 0 spiro atoms. The molecule has 0 unspecified atom stereocenters. The molecule has 224 valence electrons. The first kappa shape index (κ1) is 32.5. The van der Waals surface area contributed by atoms with E-state index in [1.807, 2.05) is 20.8 Å². The molecule has 3 atom stereocenters. The van der Waals surface area contributed by atoms with Crippen LogP contribution in [-0.2, 0) is 23.8 Å². The summed E-state index contributed by atoms with van der Waals surface area (Å²) < 4.78 is 17.0. The fourth-order valence-electron chi connectivity index (χ4n) is 6.59. The standard InChI is InChI=1S/C33H52N2O5/c1-24(2)31(37)40-33(20-27-14-15-28(33)30(25(27)3)26-12-9-8-10-13-26)16-19-35(5)18-11-17-34-21-29(36)32(4,22-38-6)23-39-7/h8-10,12-13,24,27-28,34H,11,14-23H2,1-7H3/t27-,28-,33+/m1/s1. The summed E-state index contributed by atoms with van der Waals surface area (Å²) in [5, 5.41) is 3.30.